The van der Waals surface area contributed by atoms with Crippen LogP contribution in [-0.2, 0) is 14.4 Å². The average Bonchev–Trinajstić information content (AvgIpc) is 3.43. The van der Waals surface area contributed by atoms with Crippen LogP contribution in [0.25, 0.3) is 5.65 Å². The van der Waals surface area contributed by atoms with Crippen molar-refractivity contribution < 1.29 is 32.0 Å². The summed E-state index contributed by atoms with van der Waals surface area (Å²) < 4.78 is 52.3. The molecule has 0 spiro atoms. The lowest BCUT2D eigenvalue weighted by atomic mass is 10.0. The van der Waals surface area contributed by atoms with Crippen molar-refractivity contribution in [3.8, 4) is 0 Å². The zero-order chi connectivity index (χ0) is 25.6. The van der Waals surface area contributed by atoms with Gasteiger partial charge in [-0.1, -0.05) is 11.6 Å². The summed E-state index contributed by atoms with van der Waals surface area (Å²) in [5, 5.41) is 8.09. The summed E-state index contributed by atoms with van der Waals surface area (Å²) in [6.07, 6.45) is -0.408. The van der Waals surface area contributed by atoms with Crippen molar-refractivity contribution >= 4 is 40.6 Å². The molecular weight excluding hydrogens is 508 g/mol. The van der Waals surface area contributed by atoms with Gasteiger partial charge in [0.2, 0.25) is 5.91 Å². The summed E-state index contributed by atoms with van der Waals surface area (Å²) in [6, 6.07) is 5.83. The topological polar surface area (TPSA) is 92.1 Å². The van der Waals surface area contributed by atoms with E-state index in [1.54, 1.807) is 12.3 Å². The first-order valence-corrected chi connectivity index (χ1v) is 11.4. The predicted octanol–water partition coefficient (Wildman–Crippen LogP) is 3.75. The van der Waals surface area contributed by atoms with Gasteiger partial charge in [-0.15, -0.1) is 5.06 Å². The van der Waals surface area contributed by atoms with Crippen LogP contribution in [0.4, 0.5) is 29.1 Å². The molecule has 2 aromatic heterocycles. The second kappa shape index (κ2) is 9.21. The van der Waals surface area contributed by atoms with E-state index in [-0.39, 0.29) is 24.9 Å². The number of hydroxylamine groups is 2. The molecule has 4 heterocycles. The fraction of sp³-hybridized carbons (Fsp3) is 0.364. The van der Waals surface area contributed by atoms with Gasteiger partial charge < -0.3 is 15.1 Å². The number of benzene rings is 1. The van der Waals surface area contributed by atoms with E-state index in [2.05, 4.69) is 20.2 Å². The number of hydrogen-bond acceptors (Lipinski definition) is 7. The van der Waals surface area contributed by atoms with Gasteiger partial charge in [-0.05, 0) is 42.7 Å². The number of amides is 1. The zero-order valence-electron chi connectivity index (χ0n) is 18.5. The minimum Gasteiger partial charge on any atom is -0.361 e. The van der Waals surface area contributed by atoms with Gasteiger partial charge in [-0.3, -0.25) is 4.79 Å². The lowest BCUT2D eigenvalue weighted by Gasteiger charge is -2.35. The summed E-state index contributed by atoms with van der Waals surface area (Å²) in [7, 11) is 0. The molecule has 1 unspecified atom stereocenters. The van der Waals surface area contributed by atoms with Gasteiger partial charge in [0.05, 0.1) is 18.2 Å². The van der Waals surface area contributed by atoms with Crippen LogP contribution in [0.2, 0.25) is 5.02 Å². The number of rotatable bonds is 5. The van der Waals surface area contributed by atoms with Crippen LogP contribution < -0.4 is 10.2 Å². The zero-order valence-corrected chi connectivity index (χ0v) is 19.3. The highest BCUT2D eigenvalue weighted by Crippen LogP contribution is 2.39. The highest BCUT2D eigenvalue weighted by Gasteiger charge is 2.45. The molecule has 2 aliphatic rings. The second-order valence-corrected chi connectivity index (χ2v) is 8.95. The highest BCUT2D eigenvalue weighted by atomic mass is 35.5. The first-order valence-electron chi connectivity index (χ1n) is 11.0. The third-order valence-corrected chi connectivity index (χ3v) is 6.48. The normalized spacial score (nSPS) is 18.9. The summed E-state index contributed by atoms with van der Waals surface area (Å²) in [6.45, 7) is 0.329. The Morgan fingerprint density at radius 1 is 1.19 bits per heavy atom. The Balaban J connectivity index is 1.29. The van der Waals surface area contributed by atoms with Crippen LogP contribution >= 0.6 is 11.6 Å². The Labute approximate surface area is 206 Å². The van der Waals surface area contributed by atoms with Gasteiger partial charge in [0.25, 0.3) is 0 Å². The largest absolute Gasteiger partial charge is 0.492 e. The SMILES string of the molecule is O=C(Nc1cnn2ccc(N3CCCC3c3cc(F)ccc3Cl)nc12)C1CN(OC(=O)C(F)(F)F)C1. The molecule has 1 amide bonds. The van der Waals surface area contributed by atoms with E-state index < -0.39 is 24.0 Å². The molecule has 3 aromatic rings. The Morgan fingerprint density at radius 2 is 1.97 bits per heavy atom. The van der Waals surface area contributed by atoms with Crippen molar-refractivity contribution in [2.24, 2.45) is 5.92 Å². The standard InChI is InChI=1S/C22H19ClF4N6O3/c23-15-4-3-13(24)8-14(15)17-2-1-6-32(17)18-5-7-33-19(30-18)16(9-28-33)29-20(34)12-10-31(11-12)36-21(35)22(25,26)27/h3-5,7-9,12,17H,1-2,6,10-11H2,(H,29,34). The number of halogens is 5. The van der Waals surface area contributed by atoms with Crippen LogP contribution in [0.3, 0.4) is 0 Å². The van der Waals surface area contributed by atoms with Gasteiger partial charge in [0.1, 0.15) is 17.3 Å². The first kappa shape index (κ1) is 24.3. The molecule has 0 bridgehead atoms. The molecule has 1 N–H and O–H groups in total. The maximum absolute atomic E-state index is 13.9. The molecule has 1 atom stereocenters. The van der Waals surface area contributed by atoms with E-state index in [1.165, 1.54) is 28.9 Å². The smallest absolute Gasteiger partial charge is 0.361 e. The second-order valence-electron chi connectivity index (χ2n) is 8.54. The van der Waals surface area contributed by atoms with Gasteiger partial charge in [-0.25, -0.2) is 18.7 Å². The minimum atomic E-state index is -5.11. The fourth-order valence-corrected chi connectivity index (χ4v) is 4.57. The summed E-state index contributed by atoms with van der Waals surface area (Å²) in [5.41, 5.74) is 1.34. The Bertz CT molecular complexity index is 1330. The quantitative estimate of drug-likeness (QED) is 0.506. The Morgan fingerprint density at radius 3 is 2.72 bits per heavy atom. The minimum absolute atomic E-state index is 0.171. The molecule has 2 saturated heterocycles. The summed E-state index contributed by atoms with van der Waals surface area (Å²) in [4.78, 5) is 34.3. The maximum Gasteiger partial charge on any atom is 0.492 e. The van der Waals surface area contributed by atoms with E-state index in [0.29, 0.717) is 34.3 Å². The molecule has 5 rings (SSSR count). The molecule has 190 valence electrons. The molecule has 0 saturated carbocycles. The van der Waals surface area contributed by atoms with E-state index in [9.17, 15) is 27.2 Å². The van der Waals surface area contributed by atoms with Gasteiger partial charge in [0.15, 0.2) is 5.65 Å². The monoisotopic (exact) mass is 526 g/mol. The number of fused-ring (bicyclic) bond motifs is 1. The Hall–Kier alpha value is -3.45. The van der Waals surface area contributed by atoms with Crippen LogP contribution in [-0.4, -0.2) is 57.3 Å². The van der Waals surface area contributed by atoms with Gasteiger partial charge in [-0.2, -0.15) is 18.3 Å². The van der Waals surface area contributed by atoms with E-state index in [4.69, 9.17) is 11.6 Å². The van der Waals surface area contributed by atoms with Gasteiger partial charge >= 0.3 is 12.1 Å². The van der Waals surface area contributed by atoms with E-state index >= 15 is 0 Å². The first-order chi connectivity index (χ1) is 17.1. The van der Waals surface area contributed by atoms with Crippen LogP contribution in [0.1, 0.15) is 24.4 Å². The molecule has 36 heavy (non-hydrogen) atoms. The summed E-state index contributed by atoms with van der Waals surface area (Å²) in [5.74, 6) is -3.27. The number of hydrogen-bond donors (Lipinski definition) is 1. The van der Waals surface area contributed by atoms with Crippen molar-refractivity contribution in [3.05, 3.63) is 53.1 Å². The Kier molecular flexibility index (Phi) is 6.20. The van der Waals surface area contributed by atoms with Crippen molar-refractivity contribution in [1.29, 1.82) is 0 Å². The molecule has 14 heteroatoms. The van der Waals surface area contributed by atoms with Crippen LogP contribution in [0.5, 0.6) is 0 Å². The number of nitrogens with one attached hydrogen (secondary N) is 1. The lowest BCUT2D eigenvalue weighted by molar-refractivity contribution is -0.256. The highest BCUT2D eigenvalue weighted by molar-refractivity contribution is 6.31. The van der Waals surface area contributed by atoms with E-state index in [0.717, 1.165) is 17.9 Å². The molecule has 9 nitrogen and oxygen atoms in total. The molecule has 0 aliphatic carbocycles. The predicted molar refractivity (Wildman–Crippen MR) is 120 cm³/mol. The van der Waals surface area contributed by atoms with Gasteiger partial charge in [0, 0.05) is 30.9 Å². The van der Waals surface area contributed by atoms with Crippen molar-refractivity contribution in [1.82, 2.24) is 19.7 Å². The molecule has 0 radical (unpaired) electrons. The number of anilines is 2. The van der Waals surface area contributed by atoms with Crippen molar-refractivity contribution in [2.45, 2.75) is 25.1 Å². The number of aromatic nitrogens is 3. The third kappa shape index (κ3) is 4.67. The maximum atomic E-state index is 13.9. The average molecular weight is 527 g/mol. The molecule has 2 aliphatic heterocycles. The van der Waals surface area contributed by atoms with Crippen LogP contribution in [0, 0.1) is 11.7 Å². The van der Waals surface area contributed by atoms with Crippen molar-refractivity contribution in [3.63, 3.8) is 0 Å². The van der Waals surface area contributed by atoms with E-state index in [1.807, 2.05) is 4.90 Å². The van der Waals surface area contributed by atoms with Crippen LogP contribution in [0.15, 0.2) is 36.7 Å². The molecular formula is C22H19ClF4N6O3. The number of alkyl halides is 3. The molecule has 1 aromatic carbocycles. The molecule has 2 fully saturated rings. The number of carbonyl (C=O) groups is 2. The number of nitrogens with zero attached hydrogens (tertiary/aromatic N) is 5. The number of carbonyl (C=O) groups excluding carboxylic acids is 2. The fourth-order valence-electron chi connectivity index (χ4n) is 4.32. The third-order valence-electron chi connectivity index (χ3n) is 6.14. The van der Waals surface area contributed by atoms with Crippen molar-refractivity contribution in [2.75, 3.05) is 29.9 Å². The summed E-state index contributed by atoms with van der Waals surface area (Å²) >= 11 is 6.34. The lowest BCUT2D eigenvalue weighted by Crippen LogP contribution is -2.53.